The van der Waals surface area contributed by atoms with Gasteiger partial charge in [0.2, 0.25) is 0 Å². The number of hydrogen-bond acceptors (Lipinski definition) is 2. The van der Waals surface area contributed by atoms with E-state index in [0.717, 1.165) is 23.9 Å². The Kier molecular flexibility index (Phi) is 2.28. The molecule has 18 heavy (non-hydrogen) atoms. The number of fused-ring (bicyclic) bond motifs is 2. The average Bonchev–Trinajstić information content (AvgIpc) is 3.01. The van der Waals surface area contributed by atoms with Crippen LogP contribution in [0.3, 0.4) is 0 Å². The Labute approximate surface area is 107 Å². The van der Waals surface area contributed by atoms with E-state index in [9.17, 15) is 0 Å². The first-order chi connectivity index (χ1) is 8.81. The van der Waals surface area contributed by atoms with E-state index in [2.05, 4.69) is 24.4 Å². The molecular formula is C16H19NO. The normalized spacial score (nSPS) is 18.5. The summed E-state index contributed by atoms with van der Waals surface area (Å²) in [7, 11) is 0. The molecule has 2 aromatic rings. The minimum Gasteiger partial charge on any atom is -0.459 e. The molecule has 0 aliphatic heterocycles. The lowest BCUT2D eigenvalue weighted by Crippen LogP contribution is -2.15. The third-order valence-corrected chi connectivity index (χ3v) is 4.38. The Balaban J connectivity index is 1.73. The van der Waals surface area contributed by atoms with Gasteiger partial charge in [-0.2, -0.15) is 0 Å². The van der Waals surface area contributed by atoms with Crippen LogP contribution in [0.1, 0.15) is 41.7 Å². The van der Waals surface area contributed by atoms with Crippen LogP contribution in [0.15, 0.2) is 16.5 Å². The highest BCUT2D eigenvalue weighted by atomic mass is 16.3. The minimum absolute atomic E-state index is 0.739. The number of furan rings is 1. The molecule has 94 valence electrons. The number of hydrogen-bond donors (Lipinski definition) is 1. The maximum Gasteiger partial charge on any atom is 0.134 e. The molecule has 2 heteroatoms. The lowest BCUT2D eigenvalue weighted by atomic mass is 10.1. The second kappa shape index (κ2) is 3.86. The fourth-order valence-electron chi connectivity index (χ4n) is 3.03. The lowest BCUT2D eigenvalue weighted by molar-refractivity contribution is 0.509. The van der Waals surface area contributed by atoms with Crippen molar-refractivity contribution in [2.75, 3.05) is 0 Å². The molecule has 0 saturated heterocycles. The SMILES string of the molecule is Cc1c(CNC2CC2)oc2cc3c(cc12)CCC3. The van der Waals surface area contributed by atoms with E-state index >= 15 is 0 Å². The van der Waals surface area contributed by atoms with Crippen LogP contribution in [-0.2, 0) is 19.4 Å². The molecule has 0 spiro atoms. The van der Waals surface area contributed by atoms with Crippen LogP contribution in [0.2, 0.25) is 0 Å². The monoisotopic (exact) mass is 241 g/mol. The van der Waals surface area contributed by atoms with Crippen LogP contribution >= 0.6 is 0 Å². The van der Waals surface area contributed by atoms with Gasteiger partial charge in [-0.25, -0.2) is 0 Å². The predicted molar refractivity (Wildman–Crippen MR) is 72.8 cm³/mol. The molecular weight excluding hydrogens is 222 g/mol. The van der Waals surface area contributed by atoms with E-state index in [0.29, 0.717) is 0 Å². The van der Waals surface area contributed by atoms with E-state index in [1.807, 2.05) is 0 Å². The van der Waals surface area contributed by atoms with E-state index in [1.165, 1.54) is 54.2 Å². The van der Waals surface area contributed by atoms with Crippen LogP contribution in [0.5, 0.6) is 0 Å². The van der Waals surface area contributed by atoms with Crippen molar-refractivity contribution in [3.05, 3.63) is 34.6 Å². The van der Waals surface area contributed by atoms with Crippen molar-refractivity contribution in [2.45, 2.75) is 51.6 Å². The number of rotatable bonds is 3. The number of aryl methyl sites for hydroxylation is 3. The van der Waals surface area contributed by atoms with Crippen LogP contribution < -0.4 is 5.32 Å². The first-order valence-corrected chi connectivity index (χ1v) is 7.08. The summed E-state index contributed by atoms with van der Waals surface area (Å²) in [5, 5.41) is 4.86. The van der Waals surface area contributed by atoms with Gasteiger partial charge in [-0.05, 0) is 67.9 Å². The van der Waals surface area contributed by atoms with Crippen molar-refractivity contribution >= 4 is 11.0 Å². The van der Waals surface area contributed by atoms with Gasteiger partial charge in [0.25, 0.3) is 0 Å². The predicted octanol–water partition coefficient (Wildman–Crippen LogP) is 3.48. The molecule has 2 aliphatic rings. The first-order valence-electron chi connectivity index (χ1n) is 7.08. The highest BCUT2D eigenvalue weighted by Gasteiger charge is 2.22. The third kappa shape index (κ3) is 1.67. The summed E-state index contributed by atoms with van der Waals surface area (Å²) in [6, 6.07) is 5.37. The minimum atomic E-state index is 0.739. The van der Waals surface area contributed by atoms with E-state index in [4.69, 9.17) is 4.42 Å². The Bertz CT molecular complexity index is 607. The maximum absolute atomic E-state index is 6.04. The molecule has 1 aromatic heterocycles. The molecule has 0 unspecified atom stereocenters. The zero-order chi connectivity index (χ0) is 12.1. The van der Waals surface area contributed by atoms with E-state index < -0.39 is 0 Å². The molecule has 2 aliphatic carbocycles. The number of nitrogens with one attached hydrogen (secondary N) is 1. The molecule has 1 N–H and O–H groups in total. The maximum atomic E-state index is 6.04. The second-order valence-corrected chi connectivity index (χ2v) is 5.78. The molecule has 0 bridgehead atoms. The summed E-state index contributed by atoms with van der Waals surface area (Å²) >= 11 is 0. The summed E-state index contributed by atoms with van der Waals surface area (Å²) in [4.78, 5) is 0. The van der Waals surface area contributed by atoms with Crippen molar-refractivity contribution in [1.29, 1.82) is 0 Å². The summed E-state index contributed by atoms with van der Waals surface area (Å²) < 4.78 is 6.04. The second-order valence-electron chi connectivity index (χ2n) is 5.78. The Morgan fingerprint density at radius 3 is 2.78 bits per heavy atom. The smallest absolute Gasteiger partial charge is 0.134 e. The molecule has 1 heterocycles. The Morgan fingerprint density at radius 2 is 2.00 bits per heavy atom. The topological polar surface area (TPSA) is 25.2 Å². The van der Waals surface area contributed by atoms with E-state index in [1.54, 1.807) is 0 Å². The largest absolute Gasteiger partial charge is 0.459 e. The van der Waals surface area contributed by atoms with Gasteiger partial charge < -0.3 is 9.73 Å². The summed E-state index contributed by atoms with van der Waals surface area (Å²) in [6.45, 7) is 3.08. The zero-order valence-electron chi connectivity index (χ0n) is 10.9. The molecule has 0 atom stereocenters. The molecule has 4 rings (SSSR count). The fourth-order valence-corrected chi connectivity index (χ4v) is 3.03. The van der Waals surface area contributed by atoms with Gasteiger partial charge in [0.1, 0.15) is 11.3 Å². The standard InChI is InChI=1S/C16H19NO/c1-10-14-7-11-3-2-4-12(11)8-15(14)18-16(10)9-17-13-5-6-13/h7-8,13,17H,2-6,9H2,1H3. The van der Waals surface area contributed by atoms with Gasteiger partial charge in [-0.3, -0.25) is 0 Å². The first kappa shape index (κ1) is 10.6. The van der Waals surface area contributed by atoms with Crippen LogP contribution in [0.25, 0.3) is 11.0 Å². The fraction of sp³-hybridized carbons (Fsp3) is 0.500. The van der Waals surface area contributed by atoms with Crippen LogP contribution in [-0.4, -0.2) is 6.04 Å². The molecule has 2 nitrogen and oxygen atoms in total. The lowest BCUT2D eigenvalue weighted by Gasteiger charge is -1.99. The zero-order valence-corrected chi connectivity index (χ0v) is 10.9. The molecule has 1 saturated carbocycles. The van der Waals surface area contributed by atoms with E-state index in [-0.39, 0.29) is 0 Å². The van der Waals surface area contributed by atoms with Gasteiger partial charge in [0.05, 0.1) is 6.54 Å². The third-order valence-electron chi connectivity index (χ3n) is 4.38. The summed E-state index contributed by atoms with van der Waals surface area (Å²) in [6.07, 6.45) is 6.42. The van der Waals surface area contributed by atoms with Gasteiger partial charge in [0, 0.05) is 11.4 Å². The molecule has 0 amide bonds. The highest BCUT2D eigenvalue weighted by Crippen LogP contribution is 2.32. The van der Waals surface area contributed by atoms with Gasteiger partial charge >= 0.3 is 0 Å². The van der Waals surface area contributed by atoms with Gasteiger partial charge in [0.15, 0.2) is 0 Å². The molecule has 1 fully saturated rings. The quantitative estimate of drug-likeness (QED) is 0.890. The van der Waals surface area contributed by atoms with Gasteiger partial charge in [-0.15, -0.1) is 0 Å². The van der Waals surface area contributed by atoms with Crippen molar-refractivity contribution < 1.29 is 4.42 Å². The van der Waals surface area contributed by atoms with Crippen molar-refractivity contribution in [1.82, 2.24) is 5.32 Å². The van der Waals surface area contributed by atoms with Crippen LogP contribution in [0, 0.1) is 6.92 Å². The molecule has 0 radical (unpaired) electrons. The molecule has 1 aromatic carbocycles. The van der Waals surface area contributed by atoms with Crippen molar-refractivity contribution in [2.24, 2.45) is 0 Å². The average molecular weight is 241 g/mol. The Hall–Kier alpha value is -1.28. The van der Waals surface area contributed by atoms with Crippen molar-refractivity contribution in [3.8, 4) is 0 Å². The highest BCUT2D eigenvalue weighted by molar-refractivity contribution is 5.84. The summed E-state index contributed by atoms with van der Waals surface area (Å²) in [5.41, 5.74) is 5.44. The summed E-state index contributed by atoms with van der Waals surface area (Å²) in [5.74, 6) is 1.13. The van der Waals surface area contributed by atoms with Crippen molar-refractivity contribution in [3.63, 3.8) is 0 Å². The van der Waals surface area contributed by atoms with Crippen LogP contribution in [0.4, 0.5) is 0 Å². The Morgan fingerprint density at radius 1 is 1.22 bits per heavy atom. The van der Waals surface area contributed by atoms with Gasteiger partial charge in [-0.1, -0.05) is 0 Å². The number of benzene rings is 1.